The van der Waals surface area contributed by atoms with Gasteiger partial charge in [-0.2, -0.15) is 0 Å². The second kappa shape index (κ2) is 8.37. The molecule has 0 unspecified atom stereocenters. The van der Waals surface area contributed by atoms with Crippen molar-refractivity contribution in [1.29, 1.82) is 0 Å². The number of likely N-dealkylation sites (tertiary alicyclic amines) is 2. The minimum absolute atomic E-state index is 0.0402. The average molecular weight is 394 g/mol. The van der Waals surface area contributed by atoms with E-state index in [0.717, 1.165) is 38.8 Å². The predicted molar refractivity (Wildman–Crippen MR) is 101 cm³/mol. The van der Waals surface area contributed by atoms with Gasteiger partial charge in [0.25, 0.3) is 0 Å². The first-order valence-corrected chi connectivity index (χ1v) is 10.8. The maximum Gasteiger partial charge on any atom is 0.238 e. The lowest BCUT2D eigenvalue weighted by atomic mass is 9.95. The summed E-state index contributed by atoms with van der Waals surface area (Å²) in [5.74, 6) is 0.108. The molecule has 0 aliphatic carbocycles. The van der Waals surface area contributed by atoms with Crippen LogP contribution < -0.4 is 10.5 Å². The lowest BCUT2D eigenvalue weighted by molar-refractivity contribution is -0.136. The zero-order valence-electron chi connectivity index (χ0n) is 15.3. The van der Waals surface area contributed by atoms with Crippen LogP contribution in [0.1, 0.15) is 25.7 Å². The van der Waals surface area contributed by atoms with Gasteiger partial charge in [-0.05, 0) is 57.0 Å². The molecule has 0 radical (unpaired) electrons. The molecule has 0 atom stereocenters. The molecule has 9 heteroatoms. The highest BCUT2D eigenvalue weighted by Crippen LogP contribution is 2.22. The van der Waals surface area contributed by atoms with Crippen molar-refractivity contribution in [2.24, 2.45) is 11.1 Å². The van der Waals surface area contributed by atoms with Crippen molar-refractivity contribution in [1.82, 2.24) is 9.80 Å². The number of rotatable bonds is 5. The van der Waals surface area contributed by atoms with E-state index in [1.54, 1.807) is 6.07 Å². The third-order valence-electron chi connectivity index (χ3n) is 5.17. The van der Waals surface area contributed by atoms with Crippen molar-refractivity contribution in [3.05, 3.63) is 24.3 Å². The Kier molecular flexibility index (Phi) is 6.13. The van der Waals surface area contributed by atoms with E-state index in [2.05, 4.69) is 5.32 Å². The first kappa shape index (κ1) is 19.8. The number of anilines is 1. The van der Waals surface area contributed by atoms with Crippen LogP contribution in [0.15, 0.2) is 29.2 Å². The van der Waals surface area contributed by atoms with E-state index in [9.17, 15) is 18.0 Å². The van der Waals surface area contributed by atoms with E-state index in [4.69, 9.17) is 5.14 Å². The smallest absolute Gasteiger partial charge is 0.238 e. The van der Waals surface area contributed by atoms with Gasteiger partial charge in [0.2, 0.25) is 21.8 Å². The van der Waals surface area contributed by atoms with Gasteiger partial charge in [0.15, 0.2) is 0 Å². The third-order valence-corrected chi connectivity index (χ3v) is 6.08. The van der Waals surface area contributed by atoms with E-state index in [0.29, 0.717) is 18.8 Å². The fraction of sp³-hybridized carbons (Fsp3) is 0.556. The van der Waals surface area contributed by atoms with Crippen LogP contribution >= 0.6 is 0 Å². The van der Waals surface area contributed by atoms with Gasteiger partial charge in [0.05, 0.1) is 11.4 Å². The van der Waals surface area contributed by atoms with Crippen molar-refractivity contribution in [2.45, 2.75) is 30.6 Å². The number of benzene rings is 1. The molecule has 1 aromatic carbocycles. The molecular formula is C18H26N4O4S. The van der Waals surface area contributed by atoms with Crippen LogP contribution in [0.25, 0.3) is 0 Å². The summed E-state index contributed by atoms with van der Waals surface area (Å²) < 4.78 is 22.8. The number of hydrogen-bond donors (Lipinski definition) is 2. The second-order valence-corrected chi connectivity index (χ2v) is 8.77. The van der Waals surface area contributed by atoms with Crippen molar-refractivity contribution in [2.75, 3.05) is 38.0 Å². The Balaban J connectivity index is 1.48. The topological polar surface area (TPSA) is 113 Å². The molecule has 0 saturated carbocycles. The minimum atomic E-state index is -3.81. The summed E-state index contributed by atoms with van der Waals surface area (Å²) in [5.41, 5.74) is 0.394. The summed E-state index contributed by atoms with van der Waals surface area (Å²) in [4.78, 5) is 28.7. The number of nitrogens with one attached hydrogen (secondary N) is 1. The molecule has 0 spiro atoms. The molecule has 3 rings (SSSR count). The van der Waals surface area contributed by atoms with Gasteiger partial charge >= 0.3 is 0 Å². The van der Waals surface area contributed by atoms with E-state index in [-0.39, 0.29) is 29.2 Å². The standard InChI is InChI=1S/C18H26N4O4S/c19-27(25,26)16-5-3-4-15(12-16)20-17(23)13-21-10-6-14(7-11-21)18(24)22-8-1-2-9-22/h3-5,12,14H,1-2,6-11,13H2,(H,20,23)(H2,19,25,26). The van der Waals surface area contributed by atoms with Gasteiger partial charge in [0, 0.05) is 24.7 Å². The number of hydrogen-bond acceptors (Lipinski definition) is 5. The average Bonchev–Trinajstić information content (AvgIpc) is 3.16. The van der Waals surface area contributed by atoms with Crippen LogP contribution in [-0.4, -0.2) is 62.8 Å². The molecular weight excluding hydrogens is 368 g/mol. The normalized spacial score (nSPS) is 19.2. The summed E-state index contributed by atoms with van der Waals surface area (Å²) in [7, 11) is -3.81. The number of nitrogens with zero attached hydrogens (tertiary/aromatic N) is 2. The van der Waals surface area contributed by atoms with Gasteiger partial charge < -0.3 is 10.2 Å². The first-order chi connectivity index (χ1) is 12.8. The van der Waals surface area contributed by atoms with Crippen LogP contribution in [0.5, 0.6) is 0 Å². The SMILES string of the molecule is NS(=O)(=O)c1cccc(NC(=O)CN2CCC(C(=O)N3CCCC3)CC2)c1. The fourth-order valence-electron chi connectivity index (χ4n) is 3.69. The predicted octanol–water partition coefficient (Wildman–Crippen LogP) is 0.607. The molecule has 2 saturated heterocycles. The lowest BCUT2D eigenvalue weighted by Crippen LogP contribution is -2.43. The number of primary sulfonamides is 1. The van der Waals surface area contributed by atoms with Crippen molar-refractivity contribution in [3.63, 3.8) is 0 Å². The molecule has 27 heavy (non-hydrogen) atoms. The molecule has 2 heterocycles. The number of sulfonamides is 1. The molecule has 8 nitrogen and oxygen atoms in total. The molecule has 0 aromatic heterocycles. The minimum Gasteiger partial charge on any atom is -0.342 e. The van der Waals surface area contributed by atoms with E-state index >= 15 is 0 Å². The lowest BCUT2D eigenvalue weighted by Gasteiger charge is -2.32. The van der Waals surface area contributed by atoms with Crippen LogP contribution in [-0.2, 0) is 19.6 Å². The molecule has 2 fully saturated rings. The zero-order valence-corrected chi connectivity index (χ0v) is 16.1. The quantitative estimate of drug-likeness (QED) is 0.760. The summed E-state index contributed by atoms with van der Waals surface area (Å²) >= 11 is 0. The summed E-state index contributed by atoms with van der Waals surface area (Å²) in [6, 6.07) is 5.87. The number of carbonyl (C=O) groups is 2. The summed E-state index contributed by atoms with van der Waals surface area (Å²) in [6.45, 7) is 3.37. The molecule has 3 N–H and O–H groups in total. The monoisotopic (exact) mass is 394 g/mol. The Bertz CT molecular complexity index is 797. The number of amides is 2. The molecule has 2 aliphatic rings. The Labute approximate surface area is 159 Å². The van der Waals surface area contributed by atoms with Crippen molar-refractivity contribution >= 4 is 27.5 Å². The first-order valence-electron chi connectivity index (χ1n) is 9.27. The number of nitrogens with two attached hydrogens (primary N) is 1. The number of carbonyl (C=O) groups excluding carboxylic acids is 2. The van der Waals surface area contributed by atoms with Gasteiger partial charge in [-0.3, -0.25) is 14.5 Å². The van der Waals surface area contributed by atoms with Crippen LogP contribution in [0.4, 0.5) is 5.69 Å². The highest BCUT2D eigenvalue weighted by Gasteiger charge is 2.30. The highest BCUT2D eigenvalue weighted by molar-refractivity contribution is 7.89. The largest absolute Gasteiger partial charge is 0.342 e. The maximum atomic E-state index is 12.5. The fourth-order valence-corrected chi connectivity index (χ4v) is 4.25. The molecule has 148 valence electrons. The van der Waals surface area contributed by atoms with E-state index in [1.165, 1.54) is 18.2 Å². The van der Waals surface area contributed by atoms with Crippen LogP contribution in [0.2, 0.25) is 0 Å². The highest BCUT2D eigenvalue weighted by atomic mass is 32.2. The summed E-state index contributed by atoms with van der Waals surface area (Å²) in [5, 5.41) is 7.81. The second-order valence-electron chi connectivity index (χ2n) is 7.20. The Morgan fingerprint density at radius 1 is 1.11 bits per heavy atom. The molecule has 0 bridgehead atoms. The van der Waals surface area contributed by atoms with Crippen molar-refractivity contribution in [3.8, 4) is 0 Å². The van der Waals surface area contributed by atoms with Crippen LogP contribution in [0.3, 0.4) is 0 Å². The molecule has 2 aliphatic heterocycles. The molecule has 1 aromatic rings. The number of piperidine rings is 1. The summed E-state index contributed by atoms with van der Waals surface area (Å²) in [6.07, 6.45) is 3.72. The van der Waals surface area contributed by atoms with Gasteiger partial charge in [-0.25, -0.2) is 13.6 Å². The van der Waals surface area contributed by atoms with Crippen molar-refractivity contribution < 1.29 is 18.0 Å². The van der Waals surface area contributed by atoms with Gasteiger partial charge in [-0.15, -0.1) is 0 Å². The van der Waals surface area contributed by atoms with Crippen LogP contribution in [0, 0.1) is 5.92 Å². The Morgan fingerprint density at radius 3 is 2.41 bits per heavy atom. The van der Waals surface area contributed by atoms with E-state index < -0.39 is 10.0 Å². The zero-order chi connectivity index (χ0) is 19.4. The Hall–Kier alpha value is -1.97. The van der Waals surface area contributed by atoms with E-state index in [1.807, 2.05) is 9.80 Å². The molecule has 2 amide bonds. The van der Waals surface area contributed by atoms with Gasteiger partial charge in [0.1, 0.15) is 0 Å². The third kappa shape index (κ3) is 5.27. The maximum absolute atomic E-state index is 12.5. The van der Waals surface area contributed by atoms with Gasteiger partial charge in [-0.1, -0.05) is 6.07 Å². The Morgan fingerprint density at radius 2 is 1.78 bits per heavy atom.